The molecule has 0 spiro atoms. The van der Waals surface area contributed by atoms with Crippen molar-refractivity contribution in [2.45, 2.75) is 19.8 Å². The molecule has 2 amide bonds. The molecule has 0 radical (unpaired) electrons. The van der Waals surface area contributed by atoms with E-state index in [2.05, 4.69) is 15.3 Å². The molecule has 0 unspecified atom stereocenters. The van der Waals surface area contributed by atoms with Gasteiger partial charge in [-0.25, -0.2) is 9.97 Å². The topological polar surface area (TPSA) is 95.5 Å². The summed E-state index contributed by atoms with van der Waals surface area (Å²) in [6, 6.07) is 8.49. The van der Waals surface area contributed by atoms with Crippen molar-refractivity contribution < 1.29 is 14.4 Å². The van der Waals surface area contributed by atoms with E-state index in [0.29, 0.717) is 56.2 Å². The van der Waals surface area contributed by atoms with Crippen LogP contribution in [0.1, 0.15) is 30.1 Å². The van der Waals surface area contributed by atoms with Crippen molar-refractivity contribution in [3.63, 3.8) is 0 Å². The number of Topliss-reactive ketones (excluding diaryl/α,β-unsaturated/α-hetero) is 1. The summed E-state index contributed by atoms with van der Waals surface area (Å²) in [5.74, 6) is 0.250. The number of hydrogen-bond acceptors (Lipinski definition) is 6. The number of anilines is 2. The Balaban J connectivity index is 1.37. The summed E-state index contributed by atoms with van der Waals surface area (Å²) < 4.78 is 0. The quantitative estimate of drug-likeness (QED) is 0.614. The van der Waals surface area contributed by atoms with E-state index in [9.17, 15) is 14.4 Å². The zero-order valence-electron chi connectivity index (χ0n) is 16.3. The number of carbonyl (C=O) groups is 3. The molecule has 1 saturated carbocycles. The third-order valence-electron chi connectivity index (χ3n) is 5.55. The van der Waals surface area contributed by atoms with Gasteiger partial charge in [0.05, 0.1) is 0 Å². The minimum Gasteiger partial charge on any atom is -0.338 e. The van der Waals surface area contributed by atoms with Crippen LogP contribution in [0, 0.1) is 5.41 Å². The molecule has 2 fully saturated rings. The maximum absolute atomic E-state index is 13.1. The Morgan fingerprint density at radius 3 is 2.14 bits per heavy atom. The van der Waals surface area contributed by atoms with Gasteiger partial charge in [0, 0.05) is 49.8 Å². The predicted molar refractivity (Wildman–Crippen MR) is 108 cm³/mol. The third-order valence-corrected chi connectivity index (χ3v) is 5.55. The maximum atomic E-state index is 13.1. The number of piperazine rings is 1. The second kappa shape index (κ2) is 7.62. The van der Waals surface area contributed by atoms with Crippen LogP contribution in [0.3, 0.4) is 0 Å². The highest BCUT2D eigenvalue weighted by Gasteiger charge is 2.58. The number of benzene rings is 1. The molecule has 1 aliphatic carbocycles. The van der Waals surface area contributed by atoms with Crippen LogP contribution in [0.4, 0.5) is 11.6 Å². The lowest BCUT2D eigenvalue weighted by Crippen LogP contribution is -2.53. The van der Waals surface area contributed by atoms with E-state index in [1.54, 1.807) is 47.6 Å². The standard InChI is InChI=1S/C21H23N5O3/c1-15(27)16-3-5-17(6-4-16)24-18(28)21(7-8-21)19(29)25-11-13-26(14-12-25)20-22-9-2-10-23-20/h2-6,9-10H,7-8,11-14H2,1H3,(H,24,28). The van der Waals surface area contributed by atoms with Gasteiger partial charge in [-0.3, -0.25) is 14.4 Å². The largest absolute Gasteiger partial charge is 0.338 e. The van der Waals surface area contributed by atoms with Crippen LogP contribution in [-0.4, -0.2) is 58.6 Å². The van der Waals surface area contributed by atoms with E-state index in [0.717, 1.165) is 0 Å². The van der Waals surface area contributed by atoms with Crippen LogP contribution in [-0.2, 0) is 9.59 Å². The summed E-state index contributed by atoms with van der Waals surface area (Å²) in [6.07, 6.45) is 4.52. The zero-order valence-corrected chi connectivity index (χ0v) is 16.3. The molecular formula is C21H23N5O3. The van der Waals surface area contributed by atoms with Gasteiger partial charge in [0.25, 0.3) is 0 Å². The predicted octanol–water partition coefficient (Wildman–Crippen LogP) is 1.75. The summed E-state index contributed by atoms with van der Waals surface area (Å²) in [7, 11) is 0. The number of aromatic nitrogens is 2. The van der Waals surface area contributed by atoms with Gasteiger partial charge in [0.1, 0.15) is 5.41 Å². The van der Waals surface area contributed by atoms with Crippen molar-refractivity contribution in [3.05, 3.63) is 48.3 Å². The SMILES string of the molecule is CC(=O)c1ccc(NC(=O)C2(C(=O)N3CCN(c4ncccn4)CC3)CC2)cc1. The number of nitrogens with zero attached hydrogens (tertiary/aromatic N) is 4. The Hall–Kier alpha value is -3.29. The number of hydrogen-bond donors (Lipinski definition) is 1. The number of amides is 2. The van der Waals surface area contributed by atoms with Gasteiger partial charge in [-0.1, -0.05) is 0 Å². The monoisotopic (exact) mass is 393 g/mol. The Morgan fingerprint density at radius 1 is 0.966 bits per heavy atom. The lowest BCUT2D eigenvalue weighted by Gasteiger charge is -2.36. The molecule has 2 heterocycles. The molecule has 0 bridgehead atoms. The minimum atomic E-state index is -0.968. The van der Waals surface area contributed by atoms with Crippen LogP contribution in [0.5, 0.6) is 0 Å². The van der Waals surface area contributed by atoms with Crippen LogP contribution in [0.2, 0.25) is 0 Å². The number of rotatable bonds is 5. The summed E-state index contributed by atoms with van der Waals surface area (Å²) in [4.78, 5) is 49.6. The molecular weight excluding hydrogens is 370 g/mol. The molecule has 2 aliphatic rings. The second-order valence-corrected chi connectivity index (χ2v) is 7.50. The van der Waals surface area contributed by atoms with Crippen molar-refractivity contribution in [2.75, 3.05) is 36.4 Å². The normalized spacial score (nSPS) is 17.6. The number of nitrogens with one attached hydrogen (secondary N) is 1. The minimum absolute atomic E-state index is 0.0308. The highest BCUT2D eigenvalue weighted by Crippen LogP contribution is 2.48. The van der Waals surface area contributed by atoms with E-state index >= 15 is 0 Å². The molecule has 1 saturated heterocycles. The van der Waals surface area contributed by atoms with Crippen LogP contribution >= 0.6 is 0 Å². The van der Waals surface area contributed by atoms with E-state index in [1.165, 1.54) is 6.92 Å². The molecule has 29 heavy (non-hydrogen) atoms. The summed E-state index contributed by atoms with van der Waals surface area (Å²) in [6.45, 7) is 3.86. The van der Waals surface area contributed by atoms with Gasteiger partial charge in [-0.2, -0.15) is 0 Å². The number of ketones is 1. The van der Waals surface area contributed by atoms with Gasteiger partial charge in [-0.15, -0.1) is 0 Å². The molecule has 4 rings (SSSR count). The van der Waals surface area contributed by atoms with Crippen LogP contribution in [0.25, 0.3) is 0 Å². The van der Waals surface area contributed by atoms with E-state index < -0.39 is 5.41 Å². The Labute approximate surface area is 168 Å². The Morgan fingerprint density at radius 2 is 1.59 bits per heavy atom. The van der Waals surface area contributed by atoms with E-state index in [1.807, 2.05) is 4.90 Å². The van der Waals surface area contributed by atoms with E-state index in [4.69, 9.17) is 0 Å². The average Bonchev–Trinajstić information content (AvgIpc) is 3.56. The molecule has 0 atom stereocenters. The maximum Gasteiger partial charge on any atom is 0.240 e. The fraction of sp³-hybridized carbons (Fsp3) is 0.381. The first-order valence-electron chi connectivity index (χ1n) is 9.73. The molecule has 1 aromatic heterocycles. The van der Waals surface area contributed by atoms with Gasteiger partial charge in [0.15, 0.2) is 5.78 Å². The van der Waals surface area contributed by atoms with Crippen molar-refractivity contribution in [1.29, 1.82) is 0 Å². The summed E-state index contributed by atoms with van der Waals surface area (Å²) in [5, 5.41) is 2.84. The molecule has 8 heteroatoms. The fourth-order valence-electron chi connectivity index (χ4n) is 3.57. The summed E-state index contributed by atoms with van der Waals surface area (Å²) in [5.41, 5.74) is 0.204. The van der Waals surface area contributed by atoms with E-state index in [-0.39, 0.29) is 17.6 Å². The fourth-order valence-corrected chi connectivity index (χ4v) is 3.57. The molecule has 1 aliphatic heterocycles. The lowest BCUT2D eigenvalue weighted by atomic mass is 10.0. The van der Waals surface area contributed by atoms with Gasteiger partial charge < -0.3 is 15.1 Å². The van der Waals surface area contributed by atoms with Crippen molar-refractivity contribution in [3.8, 4) is 0 Å². The molecule has 1 aromatic carbocycles. The highest BCUT2D eigenvalue weighted by molar-refractivity contribution is 6.13. The van der Waals surface area contributed by atoms with Crippen molar-refractivity contribution in [1.82, 2.24) is 14.9 Å². The first kappa shape index (κ1) is 19.0. The average molecular weight is 393 g/mol. The van der Waals surface area contributed by atoms with Gasteiger partial charge in [0.2, 0.25) is 17.8 Å². The number of carbonyl (C=O) groups excluding carboxylic acids is 3. The molecule has 8 nitrogen and oxygen atoms in total. The molecule has 2 aromatic rings. The smallest absolute Gasteiger partial charge is 0.240 e. The zero-order chi connectivity index (χ0) is 20.4. The Kier molecular flexibility index (Phi) is 5.00. The molecule has 1 N–H and O–H groups in total. The third kappa shape index (κ3) is 3.83. The Bertz CT molecular complexity index is 917. The first-order valence-corrected chi connectivity index (χ1v) is 9.73. The lowest BCUT2D eigenvalue weighted by molar-refractivity contribution is -0.142. The molecule has 150 valence electrons. The highest BCUT2D eigenvalue weighted by atomic mass is 16.2. The first-order chi connectivity index (χ1) is 14.0. The van der Waals surface area contributed by atoms with Gasteiger partial charge >= 0.3 is 0 Å². The summed E-state index contributed by atoms with van der Waals surface area (Å²) >= 11 is 0. The van der Waals surface area contributed by atoms with Crippen molar-refractivity contribution >= 4 is 29.2 Å². The van der Waals surface area contributed by atoms with Gasteiger partial charge in [-0.05, 0) is 50.1 Å². The van der Waals surface area contributed by atoms with Crippen LogP contribution in [0.15, 0.2) is 42.7 Å². The van der Waals surface area contributed by atoms with Crippen molar-refractivity contribution in [2.24, 2.45) is 5.41 Å². The second-order valence-electron chi connectivity index (χ2n) is 7.50. The van der Waals surface area contributed by atoms with Crippen LogP contribution < -0.4 is 10.2 Å².